The van der Waals surface area contributed by atoms with Crippen molar-refractivity contribution in [1.29, 1.82) is 0 Å². The molecular weight excluding hydrogens is 364 g/mol. The zero-order chi connectivity index (χ0) is 19.4. The van der Waals surface area contributed by atoms with Crippen LogP contribution in [0.25, 0.3) is 0 Å². The van der Waals surface area contributed by atoms with E-state index >= 15 is 0 Å². The fourth-order valence-corrected chi connectivity index (χ4v) is 2.74. The second-order valence-corrected chi connectivity index (χ2v) is 6.28. The van der Waals surface area contributed by atoms with Crippen molar-refractivity contribution in [2.75, 3.05) is 17.7 Å². The maximum atomic E-state index is 12.7. The molecule has 0 spiro atoms. The SMILES string of the molecule is COc1ccccc1Nc1cc(C(=O)Nc2cccc(Cl)c2C)nc(C)n1. The Morgan fingerprint density at radius 3 is 2.56 bits per heavy atom. The Hall–Kier alpha value is -3.12. The predicted octanol–water partition coefficient (Wildman–Crippen LogP) is 4.75. The van der Waals surface area contributed by atoms with Gasteiger partial charge in [-0.3, -0.25) is 4.79 Å². The number of hydrogen-bond acceptors (Lipinski definition) is 5. The molecule has 0 radical (unpaired) electrons. The predicted molar refractivity (Wildman–Crippen MR) is 107 cm³/mol. The number of halogens is 1. The molecule has 2 aromatic carbocycles. The first kappa shape index (κ1) is 18.7. The van der Waals surface area contributed by atoms with Gasteiger partial charge >= 0.3 is 0 Å². The maximum Gasteiger partial charge on any atom is 0.274 e. The van der Waals surface area contributed by atoms with Gasteiger partial charge in [-0.1, -0.05) is 29.8 Å². The van der Waals surface area contributed by atoms with Gasteiger partial charge in [-0.2, -0.15) is 0 Å². The van der Waals surface area contributed by atoms with Crippen LogP contribution in [0.5, 0.6) is 5.75 Å². The fourth-order valence-electron chi connectivity index (χ4n) is 2.56. The van der Waals surface area contributed by atoms with Crippen LogP contribution in [0.3, 0.4) is 0 Å². The summed E-state index contributed by atoms with van der Waals surface area (Å²) < 4.78 is 5.33. The summed E-state index contributed by atoms with van der Waals surface area (Å²) in [5, 5.41) is 6.60. The smallest absolute Gasteiger partial charge is 0.274 e. The molecule has 0 aliphatic carbocycles. The summed E-state index contributed by atoms with van der Waals surface area (Å²) in [5.74, 6) is 1.31. The van der Waals surface area contributed by atoms with Crippen LogP contribution in [-0.4, -0.2) is 23.0 Å². The third-order valence-corrected chi connectivity index (χ3v) is 4.37. The summed E-state index contributed by atoms with van der Waals surface area (Å²) in [6, 6.07) is 14.4. The zero-order valence-electron chi connectivity index (χ0n) is 15.2. The fraction of sp³-hybridized carbons (Fsp3) is 0.150. The third kappa shape index (κ3) is 4.35. The number of rotatable bonds is 5. The lowest BCUT2D eigenvalue weighted by molar-refractivity contribution is 0.102. The molecule has 0 fully saturated rings. The number of carbonyl (C=O) groups excluding carboxylic acids is 1. The van der Waals surface area contributed by atoms with Crippen LogP contribution in [-0.2, 0) is 0 Å². The highest BCUT2D eigenvalue weighted by molar-refractivity contribution is 6.31. The average molecular weight is 383 g/mol. The van der Waals surface area contributed by atoms with Crippen LogP contribution in [0.2, 0.25) is 5.02 Å². The molecule has 3 aromatic rings. The van der Waals surface area contributed by atoms with E-state index in [-0.39, 0.29) is 11.6 Å². The highest BCUT2D eigenvalue weighted by Crippen LogP contribution is 2.27. The number of para-hydroxylation sites is 2. The summed E-state index contributed by atoms with van der Waals surface area (Å²) in [7, 11) is 1.60. The van der Waals surface area contributed by atoms with Crippen molar-refractivity contribution in [2.24, 2.45) is 0 Å². The molecule has 6 nitrogen and oxygen atoms in total. The number of nitrogens with zero attached hydrogens (tertiary/aromatic N) is 2. The summed E-state index contributed by atoms with van der Waals surface area (Å²) in [6.45, 7) is 3.58. The normalized spacial score (nSPS) is 10.4. The van der Waals surface area contributed by atoms with Crippen LogP contribution in [0.4, 0.5) is 17.2 Å². The van der Waals surface area contributed by atoms with E-state index in [1.165, 1.54) is 0 Å². The molecule has 0 bridgehead atoms. The number of aryl methyl sites for hydroxylation is 1. The standard InChI is InChI=1S/C20H19ClN4O2/c1-12-14(21)7-6-9-15(12)25-20(26)17-11-19(23-13(2)22-17)24-16-8-4-5-10-18(16)27-3/h4-11H,1-3H3,(H,25,26)(H,22,23,24). The summed E-state index contributed by atoms with van der Waals surface area (Å²) in [4.78, 5) is 21.2. The van der Waals surface area contributed by atoms with E-state index in [4.69, 9.17) is 16.3 Å². The van der Waals surface area contributed by atoms with Gasteiger partial charge in [0.15, 0.2) is 0 Å². The number of benzene rings is 2. The summed E-state index contributed by atoms with van der Waals surface area (Å²) >= 11 is 6.11. The van der Waals surface area contributed by atoms with Crippen molar-refractivity contribution in [1.82, 2.24) is 9.97 Å². The minimum atomic E-state index is -0.339. The molecule has 0 saturated carbocycles. The molecule has 138 valence electrons. The van der Waals surface area contributed by atoms with Gasteiger partial charge in [0.05, 0.1) is 12.8 Å². The van der Waals surface area contributed by atoms with Crippen molar-refractivity contribution >= 4 is 34.7 Å². The van der Waals surface area contributed by atoms with Crippen LogP contribution >= 0.6 is 11.6 Å². The molecule has 0 saturated heterocycles. The maximum absolute atomic E-state index is 12.7. The molecule has 0 unspecified atom stereocenters. The minimum absolute atomic E-state index is 0.249. The quantitative estimate of drug-likeness (QED) is 0.665. The topological polar surface area (TPSA) is 76.1 Å². The zero-order valence-corrected chi connectivity index (χ0v) is 16.0. The highest BCUT2D eigenvalue weighted by atomic mass is 35.5. The van der Waals surface area contributed by atoms with Gasteiger partial charge in [0, 0.05) is 16.8 Å². The van der Waals surface area contributed by atoms with Crippen molar-refractivity contribution in [3.05, 3.63) is 70.6 Å². The lowest BCUT2D eigenvalue weighted by Crippen LogP contribution is -2.16. The molecule has 0 aliphatic rings. The molecule has 1 aromatic heterocycles. The lowest BCUT2D eigenvalue weighted by Gasteiger charge is -2.12. The molecule has 0 atom stereocenters. The Morgan fingerprint density at radius 2 is 1.78 bits per heavy atom. The van der Waals surface area contributed by atoms with Gasteiger partial charge in [-0.25, -0.2) is 9.97 Å². The monoisotopic (exact) mass is 382 g/mol. The molecule has 1 heterocycles. The van der Waals surface area contributed by atoms with E-state index in [1.807, 2.05) is 31.2 Å². The third-order valence-electron chi connectivity index (χ3n) is 3.96. The van der Waals surface area contributed by atoms with E-state index < -0.39 is 0 Å². The first-order valence-corrected chi connectivity index (χ1v) is 8.68. The minimum Gasteiger partial charge on any atom is -0.495 e. The number of ether oxygens (including phenoxy) is 1. The number of methoxy groups -OCH3 is 1. The van der Waals surface area contributed by atoms with E-state index in [0.717, 1.165) is 11.3 Å². The second kappa shape index (κ2) is 8.05. The number of nitrogens with one attached hydrogen (secondary N) is 2. The van der Waals surface area contributed by atoms with E-state index in [1.54, 1.807) is 38.3 Å². The number of anilines is 3. The Bertz CT molecular complexity index is 991. The first-order valence-electron chi connectivity index (χ1n) is 8.30. The molecule has 7 heteroatoms. The van der Waals surface area contributed by atoms with Gasteiger partial charge in [0.2, 0.25) is 0 Å². The Labute approximate surface area is 162 Å². The number of carbonyl (C=O) groups is 1. The largest absolute Gasteiger partial charge is 0.495 e. The number of aromatic nitrogens is 2. The molecule has 1 amide bonds. The highest BCUT2D eigenvalue weighted by Gasteiger charge is 2.13. The van der Waals surface area contributed by atoms with E-state index in [9.17, 15) is 4.79 Å². The number of hydrogen-bond donors (Lipinski definition) is 2. The Morgan fingerprint density at radius 1 is 1.04 bits per heavy atom. The van der Waals surface area contributed by atoms with Gasteiger partial charge in [-0.05, 0) is 43.7 Å². The Kier molecular flexibility index (Phi) is 5.57. The average Bonchev–Trinajstić information content (AvgIpc) is 2.65. The van der Waals surface area contributed by atoms with Crippen molar-refractivity contribution in [2.45, 2.75) is 13.8 Å². The van der Waals surface area contributed by atoms with Crippen LogP contribution in [0, 0.1) is 13.8 Å². The van der Waals surface area contributed by atoms with Crippen molar-refractivity contribution in [3.63, 3.8) is 0 Å². The number of amides is 1. The van der Waals surface area contributed by atoms with Crippen LogP contribution in [0.15, 0.2) is 48.5 Å². The van der Waals surface area contributed by atoms with Crippen molar-refractivity contribution in [3.8, 4) is 5.75 Å². The van der Waals surface area contributed by atoms with Gasteiger partial charge in [0.25, 0.3) is 5.91 Å². The van der Waals surface area contributed by atoms with E-state index in [2.05, 4.69) is 20.6 Å². The second-order valence-electron chi connectivity index (χ2n) is 5.88. The summed E-state index contributed by atoms with van der Waals surface area (Å²) in [5.41, 5.74) is 2.43. The molecule has 0 aliphatic heterocycles. The molecule has 2 N–H and O–H groups in total. The molecule has 27 heavy (non-hydrogen) atoms. The first-order chi connectivity index (χ1) is 13.0. The van der Waals surface area contributed by atoms with Gasteiger partial charge < -0.3 is 15.4 Å². The lowest BCUT2D eigenvalue weighted by atomic mass is 10.2. The van der Waals surface area contributed by atoms with E-state index in [0.29, 0.717) is 28.1 Å². The van der Waals surface area contributed by atoms with Gasteiger partial charge in [0.1, 0.15) is 23.1 Å². The van der Waals surface area contributed by atoms with Crippen LogP contribution < -0.4 is 15.4 Å². The van der Waals surface area contributed by atoms with Gasteiger partial charge in [-0.15, -0.1) is 0 Å². The molecular formula is C20H19ClN4O2. The molecule has 3 rings (SSSR count). The van der Waals surface area contributed by atoms with Crippen molar-refractivity contribution < 1.29 is 9.53 Å². The Balaban J connectivity index is 1.86. The van der Waals surface area contributed by atoms with Crippen LogP contribution in [0.1, 0.15) is 21.9 Å². The summed E-state index contributed by atoms with van der Waals surface area (Å²) in [6.07, 6.45) is 0.